The van der Waals surface area contributed by atoms with Gasteiger partial charge < -0.3 is 20.3 Å². The van der Waals surface area contributed by atoms with Gasteiger partial charge >= 0.3 is 8.25 Å². The van der Waals surface area contributed by atoms with Gasteiger partial charge in [0.25, 0.3) is 0 Å². The molecule has 0 spiro atoms. The smallest absolute Gasteiger partial charge is 0.465 e. The lowest BCUT2D eigenvalue weighted by Crippen LogP contribution is -2.26. The maximum absolute atomic E-state index is 11.5. The summed E-state index contributed by atoms with van der Waals surface area (Å²) in [5, 5.41) is 9.78. The summed E-state index contributed by atoms with van der Waals surface area (Å²) in [7, 11) is -2.97. The molecule has 3 heterocycles. The molecule has 3 atom stereocenters. The first kappa shape index (κ1) is 30.2. The number of nitrogens with zero attached hydrogens (tertiary/aromatic N) is 4. The number of nitrogen functional groups attached to an aromatic ring is 1. The number of anilines is 1. The molecule has 0 saturated heterocycles. The van der Waals surface area contributed by atoms with Gasteiger partial charge in [0.2, 0.25) is 12.0 Å². The van der Waals surface area contributed by atoms with Crippen molar-refractivity contribution in [2.45, 2.75) is 109 Å². The molecule has 0 radical (unpaired) electrons. The van der Waals surface area contributed by atoms with Crippen molar-refractivity contribution >= 4 is 25.2 Å². The van der Waals surface area contributed by atoms with Crippen molar-refractivity contribution in [2.75, 3.05) is 18.9 Å². The number of unbranched alkanes of at least 4 members (excludes halogenated alkanes) is 13. The van der Waals surface area contributed by atoms with Crippen LogP contribution in [0, 0.1) is 0 Å². The number of aliphatic hydroxyl groups is 1. The fraction of sp³-hybridized carbons (Fsp3) is 0.731. The summed E-state index contributed by atoms with van der Waals surface area (Å²) in [4.78, 5) is 21.8. The van der Waals surface area contributed by atoms with Crippen LogP contribution in [0.15, 0.2) is 24.2 Å². The molecule has 0 fully saturated rings. The van der Waals surface area contributed by atoms with Gasteiger partial charge in [0.05, 0.1) is 0 Å². The third-order valence-corrected chi connectivity index (χ3v) is 7.18. The van der Waals surface area contributed by atoms with Gasteiger partial charge in [-0.1, -0.05) is 90.4 Å². The van der Waals surface area contributed by atoms with Crippen LogP contribution in [0.4, 0.5) is 5.82 Å². The van der Waals surface area contributed by atoms with Crippen molar-refractivity contribution in [2.24, 2.45) is 0 Å². The van der Waals surface area contributed by atoms with Crippen molar-refractivity contribution in [3.8, 4) is 0 Å². The van der Waals surface area contributed by atoms with E-state index in [1.165, 1.54) is 83.3 Å². The van der Waals surface area contributed by atoms with E-state index in [4.69, 9.17) is 19.7 Å². The second kappa shape index (κ2) is 16.6. The molecule has 2 aromatic heterocycles. The molecule has 0 aliphatic carbocycles. The first-order valence-electron chi connectivity index (χ1n) is 14.0. The highest BCUT2D eigenvalue weighted by molar-refractivity contribution is 7.32. The molecule has 4 N–H and O–H groups in total. The summed E-state index contributed by atoms with van der Waals surface area (Å²) >= 11 is 0. The number of rotatable bonds is 20. The average molecular weight is 553 g/mol. The number of aromatic nitrogens is 4. The SMILES string of the molecule is CCCCCCCCCCCCCCCCOC1C(O[P+](=O)O)=C(CO)O[C@H]1n1cnc2c(N)ncnc21. The Morgan fingerprint density at radius 3 is 2.16 bits per heavy atom. The van der Waals surface area contributed by atoms with E-state index >= 15 is 0 Å². The summed E-state index contributed by atoms with van der Waals surface area (Å²) in [6.07, 6.45) is 18.7. The van der Waals surface area contributed by atoms with Crippen molar-refractivity contribution in [1.29, 1.82) is 0 Å². The maximum Gasteiger partial charge on any atom is 0.747 e. The highest BCUT2D eigenvalue weighted by Crippen LogP contribution is 2.40. The Kier molecular flexibility index (Phi) is 13.2. The Hall–Kier alpha value is -2.33. The number of hydrogen-bond acceptors (Lipinski definition) is 9. The molecule has 2 aromatic rings. The zero-order valence-corrected chi connectivity index (χ0v) is 23.4. The lowest BCUT2D eigenvalue weighted by atomic mass is 10.0. The molecule has 11 nitrogen and oxygen atoms in total. The van der Waals surface area contributed by atoms with Crippen molar-refractivity contribution < 1.29 is 28.6 Å². The van der Waals surface area contributed by atoms with E-state index in [1.807, 2.05) is 0 Å². The lowest BCUT2D eigenvalue weighted by Gasteiger charge is -2.21. The molecule has 12 heteroatoms. The van der Waals surface area contributed by atoms with E-state index in [2.05, 4.69) is 21.9 Å². The Morgan fingerprint density at radius 2 is 1.58 bits per heavy atom. The van der Waals surface area contributed by atoms with E-state index in [0.29, 0.717) is 17.8 Å². The van der Waals surface area contributed by atoms with Gasteiger partial charge in [-0.2, -0.15) is 0 Å². The topological polar surface area (TPSA) is 155 Å². The van der Waals surface area contributed by atoms with E-state index in [9.17, 15) is 14.6 Å². The van der Waals surface area contributed by atoms with Crippen molar-refractivity contribution in [1.82, 2.24) is 19.5 Å². The number of hydrogen-bond donors (Lipinski definition) is 3. The van der Waals surface area contributed by atoms with Crippen LogP contribution >= 0.6 is 8.25 Å². The largest absolute Gasteiger partial charge is 0.747 e. The van der Waals surface area contributed by atoms with Crippen molar-refractivity contribution in [3.63, 3.8) is 0 Å². The normalized spacial score (nSPS) is 17.8. The zero-order chi connectivity index (χ0) is 27.2. The highest BCUT2D eigenvalue weighted by Gasteiger charge is 2.45. The van der Waals surface area contributed by atoms with Crippen LogP contribution in [-0.2, 0) is 18.6 Å². The maximum atomic E-state index is 11.5. The molecular formula is C26H43N5O6P+. The van der Waals surface area contributed by atoms with Crippen LogP contribution in [0.2, 0.25) is 0 Å². The van der Waals surface area contributed by atoms with Gasteiger partial charge in [-0.3, -0.25) is 4.57 Å². The van der Waals surface area contributed by atoms with Gasteiger partial charge in [-0.05, 0) is 6.42 Å². The van der Waals surface area contributed by atoms with E-state index < -0.39 is 27.2 Å². The molecule has 212 valence electrons. The van der Waals surface area contributed by atoms with Crippen LogP contribution in [0.25, 0.3) is 11.2 Å². The van der Waals surface area contributed by atoms with E-state index in [0.717, 1.165) is 19.3 Å². The van der Waals surface area contributed by atoms with Crippen molar-refractivity contribution in [3.05, 3.63) is 24.2 Å². The third kappa shape index (κ3) is 8.86. The molecule has 38 heavy (non-hydrogen) atoms. The fourth-order valence-electron chi connectivity index (χ4n) is 4.78. The molecule has 0 amide bonds. The molecule has 3 rings (SSSR count). The number of ether oxygens (including phenoxy) is 2. The van der Waals surface area contributed by atoms with E-state index in [-0.39, 0.29) is 17.3 Å². The summed E-state index contributed by atoms with van der Waals surface area (Å²) in [5.74, 6) is 0.245. The third-order valence-electron chi connectivity index (χ3n) is 6.83. The number of fused-ring (bicyclic) bond motifs is 1. The first-order valence-corrected chi connectivity index (χ1v) is 15.1. The molecule has 1 aliphatic heterocycles. The lowest BCUT2D eigenvalue weighted by molar-refractivity contribution is -0.0517. The highest BCUT2D eigenvalue weighted by atomic mass is 31.1. The van der Waals surface area contributed by atoms with Gasteiger partial charge in [-0.15, -0.1) is 4.89 Å². The summed E-state index contributed by atoms with van der Waals surface area (Å²) in [6.45, 7) is 2.14. The zero-order valence-electron chi connectivity index (χ0n) is 22.5. The Morgan fingerprint density at radius 1 is 0.974 bits per heavy atom. The van der Waals surface area contributed by atoms with Gasteiger partial charge in [0.1, 0.15) is 24.8 Å². The first-order chi connectivity index (χ1) is 18.6. The summed E-state index contributed by atoms with van der Waals surface area (Å²) in [5.41, 5.74) is 6.72. The number of nitrogens with two attached hydrogens (primary N) is 1. The Bertz CT molecular complexity index is 1030. The monoisotopic (exact) mass is 552 g/mol. The van der Waals surface area contributed by atoms with Crippen LogP contribution in [0.1, 0.15) is 103 Å². The van der Waals surface area contributed by atoms with Gasteiger partial charge in [-0.25, -0.2) is 19.5 Å². The summed E-state index contributed by atoms with van der Waals surface area (Å²) in [6, 6.07) is 0. The standard InChI is InChI=1S/C26H42N5O6P/c1-2-3-4-5-6-7-8-9-10-11-12-13-14-15-16-35-23-22(37-38(33)34)20(17-32)36-26(23)31-19-30-21-24(27)28-18-29-25(21)31/h18-19,23,26,32H,2-17H2,1H3,(H2-,27,28,29,33,34)/p+1/t23?,26-/m1/s1. The second-order valence-electron chi connectivity index (χ2n) is 9.75. The number of aliphatic hydroxyl groups excluding tert-OH is 1. The van der Waals surface area contributed by atoms with Crippen LogP contribution in [0.3, 0.4) is 0 Å². The van der Waals surface area contributed by atoms with Gasteiger partial charge in [0.15, 0.2) is 23.3 Å². The van der Waals surface area contributed by atoms with Crippen LogP contribution in [-0.4, -0.2) is 48.8 Å². The summed E-state index contributed by atoms with van der Waals surface area (Å²) < 4.78 is 30.1. The second-order valence-corrected chi connectivity index (χ2v) is 10.4. The predicted octanol–water partition coefficient (Wildman–Crippen LogP) is 5.67. The predicted molar refractivity (Wildman–Crippen MR) is 145 cm³/mol. The minimum Gasteiger partial charge on any atom is -0.465 e. The minimum atomic E-state index is -2.97. The molecular weight excluding hydrogens is 509 g/mol. The molecule has 2 unspecified atom stereocenters. The van der Waals surface area contributed by atoms with Crippen LogP contribution in [0.5, 0.6) is 0 Å². The molecule has 1 aliphatic rings. The van der Waals surface area contributed by atoms with Gasteiger partial charge in [0, 0.05) is 11.2 Å². The Balaban J connectivity index is 1.42. The molecule has 0 aromatic carbocycles. The number of imidazole rings is 1. The average Bonchev–Trinajstić information content (AvgIpc) is 3.48. The quantitative estimate of drug-likeness (QED) is 0.138. The minimum absolute atomic E-state index is 0.00430. The Labute approximate surface area is 225 Å². The van der Waals surface area contributed by atoms with E-state index in [1.54, 1.807) is 4.57 Å². The molecule has 0 saturated carbocycles. The molecule has 0 bridgehead atoms. The van der Waals surface area contributed by atoms with Crippen LogP contribution < -0.4 is 5.73 Å². The fourth-order valence-corrected chi connectivity index (χ4v) is 5.15.